The molecule has 4 rings (SSSR count). The molecule has 4 heteroatoms. The Morgan fingerprint density at radius 2 is 1.96 bits per heavy atom. The molecule has 1 aliphatic heterocycles. The van der Waals surface area contributed by atoms with Crippen molar-refractivity contribution in [3.8, 4) is 11.1 Å². The maximum Gasteiger partial charge on any atom is 0.167 e. The van der Waals surface area contributed by atoms with Gasteiger partial charge in [-0.2, -0.15) is 0 Å². The second-order valence-electron chi connectivity index (χ2n) is 7.36. The fraction of sp³-hybridized carbons (Fsp3) is 0.250. The molecule has 1 aliphatic rings. The molecule has 1 unspecified atom stereocenters. The van der Waals surface area contributed by atoms with Crippen molar-refractivity contribution in [2.45, 2.75) is 19.4 Å². The lowest BCUT2D eigenvalue weighted by Gasteiger charge is -2.32. The monoisotopic (exact) mass is 374 g/mol. The maximum absolute atomic E-state index is 14.7. The van der Waals surface area contributed by atoms with Crippen molar-refractivity contribution in [3.05, 3.63) is 90.0 Å². The number of benzene rings is 2. The summed E-state index contributed by atoms with van der Waals surface area (Å²) in [7, 11) is 0. The first-order chi connectivity index (χ1) is 13.7. The van der Waals surface area contributed by atoms with E-state index in [1.54, 1.807) is 18.3 Å². The highest BCUT2D eigenvalue weighted by Gasteiger charge is 2.27. The predicted molar refractivity (Wildman–Crippen MR) is 108 cm³/mol. The van der Waals surface area contributed by atoms with Crippen LogP contribution in [0.4, 0.5) is 4.39 Å². The molecule has 2 heterocycles. The second kappa shape index (κ2) is 8.44. The van der Waals surface area contributed by atoms with E-state index < -0.39 is 0 Å². The van der Waals surface area contributed by atoms with Crippen molar-refractivity contribution in [2.75, 3.05) is 13.1 Å². The number of pyridine rings is 1. The lowest BCUT2D eigenvalue weighted by atomic mass is 9.89. The predicted octanol–water partition coefficient (Wildman–Crippen LogP) is 4.98. The van der Waals surface area contributed by atoms with Crippen molar-refractivity contribution in [2.24, 2.45) is 5.92 Å². The second-order valence-corrected chi connectivity index (χ2v) is 7.36. The van der Waals surface area contributed by atoms with Crippen molar-refractivity contribution in [1.29, 1.82) is 0 Å². The number of carbonyl (C=O) groups excluding carboxylic acids is 1. The fourth-order valence-corrected chi connectivity index (χ4v) is 3.92. The smallest absolute Gasteiger partial charge is 0.167 e. The molecule has 0 N–H and O–H groups in total. The number of rotatable bonds is 5. The lowest BCUT2D eigenvalue weighted by Crippen LogP contribution is -2.38. The number of likely N-dealkylation sites (tertiary alicyclic amines) is 1. The van der Waals surface area contributed by atoms with Crippen LogP contribution < -0.4 is 0 Å². The maximum atomic E-state index is 14.7. The quantitative estimate of drug-likeness (QED) is 0.591. The van der Waals surface area contributed by atoms with Gasteiger partial charge in [-0.3, -0.25) is 14.7 Å². The van der Waals surface area contributed by atoms with Crippen LogP contribution in [0.15, 0.2) is 73.1 Å². The van der Waals surface area contributed by atoms with Gasteiger partial charge in [0.25, 0.3) is 0 Å². The van der Waals surface area contributed by atoms with Gasteiger partial charge in [0.1, 0.15) is 5.82 Å². The van der Waals surface area contributed by atoms with Gasteiger partial charge in [-0.1, -0.05) is 48.5 Å². The summed E-state index contributed by atoms with van der Waals surface area (Å²) in [5.74, 6) is -0.401. The molecule has 1 saturated heterocycles. The molecule has 0 bridgehead atoms. The average Bonchev–Trinajstić information content (AvgIpc) is 2.75. The summed E-state index contributed by atoms with van der Waals surface area (Å²) in [6.07, 6.45) is 5.45. The van der Waals surface area contributed by atoms with Crippen LogP contribution in [-0.4, -0.2) is 28.8 Å². The van der Waals surface area contributed by atoms with Crippen molar-refractivity contribution in [1.82, 2.24) is 9.88 Å². The van der Waals surface area contributed by atoms with E-state index in [0.29, 0.717) is 17.7 Å². The number of hydrogen-bond acceptors (Lipinski definition) is 3. The number of nitrogens with zero attached hydrogens (tertiary/aromatic N) is 2. The first-order valence-electron chi connectivity index (χ1n) is 9.71. The third kappa shape index (κ3) is 4.18. The zero-order valence-electron chi connectivity index (χ0n) is 15.7. The minimum Gasteiger partial charge on any atom is -0.298 e. The molecule has 1 aromatic heterocycles. The van der Waals surface area contributed by atoms with Crippen LogP contribution in [0.3, 0.4) is 0 Å². The molecule has 28 heavy (non-hydrogen) atoms. The standard InChI is InChI=1S/C24H23FN2O/c25-23-14-20(10-11-22(23)19-7-2-1-3-8-19)24(28)21-9-5-13-27(17-21)16-18-6-4-12-26-15-18/h1-4,6-8,10-12,14-15,21H,5,9,13,16-17H2. The zero-order chi connectivity index (χ0) is 19.3. The van der Waals surface area contributed by atoms with Gasteiger partial charge >= 0.3 is 0 Å². The van der Waals surface area contributed by atoms with Gasteiger partial charge in [-0.25, -0.2) is 4.39 Å². The molecule has 142 valence electrons. The Labute approximate surface area is 164 Å². The Kier molecular flexibility index (Phi) is 5.58. The van der Waals surface area contributed by atoms with Crippen LogP contribution in [0.25, 0.3) is 11.1 Å². The molecule has 2 aromatic carbocycles. The summed E-state index contributed by atoms with van der Waals surface area (Å²) < 4.78 is 14.7. The van der Waals surface area contributed by atoms with Crippen LogP contribution in [0.5, 0.6) is 0 Å². The van der Waals surface area contributed by atoms with Crippen LogP contribution in [0, 0.1) is 11.7 Å². The normalized spacial score (nSPS) is 17.4. The van der Waals surface area contributed by atoms with Crippen LogP contribution >= 0.6 is 0 Å². The molecule has 0 radical (unpaired) electrons. The molecule has 0 spiro atoms. The number of hydrogen-bond donors (Lipinski definition) is 0. The SMILES string of the molecule is O=C(c1ccc(-c2ccccc2)c(F)c1)C1CCCN(Cc2cccnc2)C1. The minimum absolute atomic E-state index is 0.0365. The highest BCUT2D eigenvalue weighted by molar-refractivity contribution is 5.98. The fourth-order valence-electron chi connectivity index (χ4n) is 3.92. The molecule has 0 aliphatic carbocycles. The summed E-state index contributed by atoms with van der Waals surface area (Å²) in [6.45, 7) is 2.47. The van der Waals surface area contributed by atoms with Crippen molar-refractivity contribution < 1.29 is 9.18 Å². The molecule has 0 amide bonds. The van der Waals surface area contributed by atoms with Gasteiger partial charge in [0.05, 0.1) is 0 Å². The van der Waals surface area contributed by atoms with Gasteiger partial charge in [-0.15, -0.1) is 0 Å². The van der Waals surface area contributed by atoms with Gasteiger partial charge in [0, 0.05) is 42.5 Å². The van der Waals surface area contributed by atoms with Crippen LogP contribution in [-0.2, 0) is 6.54 Å². The topological polar surface area (TPSA) is 33.2 Å². The van der Waals surface area contributed by atoms with E-state index in [1.807, 2.05) is 42.6 Å². The first kappa shape index (κ1) is 18.5. The van der Waals surface area contributed by atoms with Crippen molar-refractivity contribution in [3.63, 3.8) is 0 Å². The summed E-state index contributed by atoms with van der Waals surface area (Å²) in [4.78, 5) is 19.4. The van der Waals surface area contributed by atoms with Crippen molar-refractivity contribution >= 4 is 5.78 Å². The molecule has 1 atom stereocenters. The average molecular weight is 374 g/mol. The van der Waals surface area contributed by atoms with E-state index in [4.69, 9.17) is 0 Å². The number of aromatic nitrogens is 1. The Balaban J connectivity index is 1.47. The summed E-state index contributed by atoms with van der Waals surface area (Å²) >= 11 is 0. The van der Waals surface area contributed by atoms with Gasteiger partial charge in [0.15, 0.2) is 5.78 Å². The molecule has 1 fully saturated rings. The molecular formula is C24H23FN2O. The summed E-state index contributed by atoms with van der Waals surface area (Å²) in [6, 6.07) is 18.3. The number of piperidine rings is 1. The van der Waals surface area contributed by atoms with E-state index in [2.05, 4.69) is 16.0 Å². The van der Waals surface area contributed by atoms with Gasteiger partial charge in [0.2, 0.25) is 0 Å². The van der Waals surface area contributed by atoms with E-state index >= 15 is 0 Å². The number of Topliss-reactive ketones (excluding diaryl/α,β-unsaturated/α-hetero) is 1. The summed E-state index contributed by atoms with van der Waals surface area (Å²) in [5, 5.41) is 0. The minimum atomic E-state index is -0.347. The van der Waals surface area contributed by atoms with Gasteiger partial charge < -0.3 is 0 Å². The van der Waals surface area contributed by atoms with Crippen LogP contribution in [0.2, 0.25) is 0 Å². The first-order valence-corrected chi connectivity index (χ1v) is 9.71. The Hall–Kier alpha value is -2.85. The van der Waals surface area contributed by atoms with Gasteiger partial charge in [-0.05, 0) is 42.6 Å². The highest BCUT2D eigenvalue weighted by atomic mass is 19.1. The number of halogens is 1. The third-order valence-corrected chi connectivity index (χ3v) is 5.34. The number of ketones is 1. The van der Waals surface area contributed by atoms with E-state index in [9.17, 15) is 9.18 Å². The Bertz CT molecular complexity index is 943. The Morgan fingerprint density at radius 3 is 2.71 bits per heavy atom. The molecule has 3 aromatic rings. The molecule has 3 nitrogen and oxygen atoms in total. The van der Waals surface area contributed by atoms with Crippen LogP contribution in [0.1, 0.15) is 28.8 Å². The third-order valence-electron chi connectivity index (χ3n) is 5.34. The largest absolute Gasteiger partial charge is 0.298 e. The molecular weight excluding hydrogens is 351 g/mol. The highest BCUT2D eigenvalue weighted by Crippen LogP contribution is 2.27. The zero-order valence-corrected chi connectivity index (χ0v) is 15.7. The van der Waals surface area contributed by atoms with E-state index in [0.717, 1.165) is 37.1 Å². The van der Waals surface area contributed by atoms with E-state index in [1.165, 1.54) is 6.07 Å². The van der Waals surface area contributed by atoms with E-state index in [-0.39, 0.29) is 17.5 Å². The number of carbonyl (C=O) groups is 1. The summed E-state index contributed by atoms with van der Waals surface area (Å²) in [5.41, 5.74) is 2.96. The molecule has 0 saturated carbocycles. The Morgan fingerprint density at radius 1 is 1.11 bits per heavy atom. The lowest BCUT2D eigenvalue weighted by molar-refractivity contribution is 0.0811.